The van der Waals surface area contributed by atoms with Gasteiger partial charge in [0, 0.05) is 39.2 Å². The molecular weight excluding hydrogens is 1380 g/mol. The minimum absolute atomic E-state index is 0.0788. The molecule has 0 aliphatic carbocycles. The van der Waals surface area contributed by atoms with Gasteiger partial charge in [-0.05, 0) is 225 Å². The monoisotopic (exact) mass is 1460 g/mol. The number of hydrogen-bond acceptors (Lipinski definition) is 4. The normalized spacial score (nSPS) is 13.6. The third-order valence-corrected chi connectivity index (χ3v) is 27.7. The molecule has 4 aliphatic heterocycles. The van der Waals surface area contributed by atoms with Crippen molar-refractivity contribution in [3.8, 4) is 55.6 Å². The van der Waals surface area contributed by atoms with Crippen LogP contribution in [0.4, 0.5) is 0 Å². The Hall–Kier alpha value is -9.65. The molecule has 108 heavy (non-hydrogen) atoms. The Kier molecular flexibility index (Phi) is 16.6. The fourth-order valence-electron chi connectivity index (χ4n) is 17.5. The van der Waals surface area contributed by atoms with Crippen molar-refractivity contribution in [3.05, 3.63) is 313 Å². The molecule has 4 aliphatic rings. The number of rotatable bonds is 5. The van der Waals surface area contributed by atoms with Gasteiger partial charge in [0.15, 0.2) is 0 Å². The lowest BCUT2D eigenvalue weighted by Gasteiger charge is -2.35. The lowest BCUT2D eigenvalue weighted by Crippen LogP contribution is -2.58. The summed E-state index contributed by atoms with van der Waals surface area (Å²) in [6, 6.07) is 111. The Morgan fingerprint density at radius 3 is 0.843 bits per heavy atom. The second-order valence-corrected chi connectivity index (χ2v) is 38.6. The van der Waals surface area contributed by atoms with Gasteiger partial charge in [-0.1, -0.05) is 383 Å². The van der Waals surface area contributed by atoms with Gasteiger partial charge in [-0.15, -0.1) is 0 Å². The van der Waals surface area contributed by atoms with E-state index < -0.39 is 0 Å². The standard InChI is InChI=1S/C52H43BS2.C50H41BS2/c1-51(2,3)36-23-25-42-44(30-36)54-46-28-35(29-47-50(46)53(42)43-26-24-37(52(4,5)6)31-45(43)55-47)33-17-14-18-34(27-33)49-40-21-12-10-19-38(40)48(32-15-8-7-9-16-32)39-20-11-13-22-41(39)49;1-49(2,3)34-21-23-40-42(28-34)52-44-26-33(27-45-48(44)51(40)41-24-22-35(50(4,5)6)29-43(41)53-45)47-38-17-11-9-15-36(38)46(37-16-10-12-18-39(37)47)32-20-19-30-13-7-8-14-31(30)25-32/h7-31H,1-6H3;7-29H,1-6H3. The van der Waals surface area contributed by atoms with Crippen molar-refractivity contribution < 1.29 is 0 Å². The summed E-state index contributed by atoms with van der Waals surface area (Å²) in [5.74, 6) is 0. The van der Waals surface area contributed by atoms with Gasteiger partial charge >= 0.3 is 0 Å². The van der Waals surface area contributed by atoms with Crippen molar-refractivity contribution in [1.82, 2.24) is 0 Å². The molecular formula is C102H84B2S4. The van der Waals surface area contributed by atoms with Gasteiger partial charge in [0.1, 0.15) is 0 Å². The minimum atomic E-state index is 0.0788. The van der Waals surface area contributed by atoms with Crippen molar-refractivity contribution in [2.45, 2.75) is 144 Å². The first-order valence-electron chi connectivity index (χ1n) is 38.2. The van der Waals surface area contributed by atoms with Crippen LogP contribution < -0.4 is 32.8 Å². The van der Waals surface area contributed by atoms with Crippen LogP contribution in [0.25, 0.3) is 109 Å². The molecule has 0 spiro atoms. The van der Waals surface area contributed by atoms with Gasteiger partial charge in [0.2, 0.25) is 13.4 Å². The van der Waals surface area contributed by atoms with Crippen LogP contribution in [-0.4, -0.2) is 13.4 Å². The summed E-state index contributed by atoms with van der Waals surface area (Å²) < 4.78 is 0. The molecule has 16 aromatic rings. The Morgan fingerprint density at radius 2 is 0.481 bits per heavy atom. The molecule has 0 aromatic heterocycles. The molecule has 0 radical (unpaired) electrons. The molecule has 0 amide bonds. The first-order valence-corrected chi connectivity index (χ1v) is 41.5. The average Bonchev–Trinajstić information content (AvgIpc) is 0.725. The molecule has 0 atom stereocenters. The van der Waals surface area contributed by atoms with E-state index in [9.17, 15) is 0 Å². The van der Waals surface area contributed by atoms with E-state index in [1.165, 1.54) is 204 Å². The molecule has 522 valence electrons. The van der Waals surface area contributed by atoms with Crippen molar-refractivity contribution in [3.63, 3.8) is 0 Å². The molecule has 0 bridgehead atoms. The predicted molar refractivity (Wildman–Crippen MR) is 474 cm³/mol. The average molecular weight is 1460 g/mol. The van der Waals surface area contributed by atoms with Gasteiger partial charge in [0.25, 0.3) is 0 Å². The number of benzene rings is 16. The van der Waals surface area contributed by atoms with Gasteiger partial charge in [0.05, 0.1) is 0 Å². The third kappa shape index (κ3) is 11.8. The fourth-order valence-corrected chi connectivity index (χ4v) is 22.6. The Bertz CT molecular complexity index is 6140. The highest BCUT2D eigenvalue weighted by atomic mass is 32.2. The highest BCUT2D eigenvalue weighted by molar-refractivity contribution is 8.02. The van der Waals surface area contributed by atoms with Crippen LogP contribution in [0.3, 0.4) is 0 Å². The second kappa shape index (κ2) is 26.0. The highest BCUT2D eigenvalue weighted by Crippen LogP contribution is 2.51. The van der Waals surface area contributed by atoms with E-state index in [2.05, 4.69) is 374 Å². The molecule has 6 heteroatoms. The Balaban J connectivity index is 0.000000147. The quantitative estimate of drug-likeness (QED) is 0.124. The molecule has 4 heterocycles. The van der Waals surface area contributed by atoms with Crippen LogP contribution in [0.15, 0.2) is 330 Å². The van der Waals surface area contributed by atoms with Crippen LogP contribution in [0.2, 0.25) is 0 Å². The van der Waals surface area contributed by atoms with E-state index in [4.69, 9.17) is 0 Å². The molecule has 16 aromatic carbocycles. The van der Waals surface area contributed by atoms with Crippen molar-refractivity contribution in [2.75, 3.05) is 0 Å². The molecule has 0 nitrogen and oxygen atoms in total. The molecule has 20 rings (SSSR count). The third-order valence-electron chi connectivity index (χ3n) is 23.2. The summed E-state index contributed by atoms with van der Waals surface area (Å²) in [6.45, 7) is 28.3. The smallest absolute Gasteiger partial charge is 0.0911 e. The molecule has 0 fully saturated rings. The maximum absolute atomic E-state index is 2.52. The van der Waals surface area contributed by atoms with Crippen LogP contribution in [-0.2, 0) is 21.7 Å². The van der Waals surface area contributed by atoms with Crippen molar-refractivity contribution in [2.24, 2.45) is 0 Å². The maximum atomic E-state index is 2.52. The summed E-state index contributed by atoms with van der Waals surface area (Å²) in [5.41, 5.74) is 27.3. The highest BCUT2D eigenvalue weighted by Gasteiger charge is 2.42. The van der Waals surface area contributed by atoms with E-state index in [1.54, 1.807) is 0 Å². The van der Waals surface area contributed by atoms with Crippen LogP contribution in [0.5, 0.6) is 0 Å². The molecule has 0 N–H and O–H groups in total. The summed E-state index contributed by atoms with van der Waals surface area (Å²) in [7, 11) is 0. The van der Waals surface area contributed by atoms with E-state index in [0.29, 0.717) is 0 Å². The Labute approximate surface area is 654 Å². The molecule has 0 saturated carbocycles. The van der Waals surface area contributed by atoms with E-state index >= 15 is 0 Å². The van der Waals surface area contributed by atoms with Crippen LogP contribution in [0, 0.1) is 0 Å². The fraction of sp³-hybridized carbons (Fsp3) is 0.157. The topological polar surface area (TPSA) is 0 Å². The SMILES string of the molecule is CC(C)(C)c1ccc2c(c1)Sc1cc(-c3c4ccccc4c(-c4ccc5ccccc5c4)c4ccccc34)cc3c1B2c1ccc(C(C)(C)C)cc1S3.CC(C)(C)c1ccc2c(c1)Sc1cc(-c3cccc(-c4c5ccccc5c(-c5ccccc5)c5ccccc45)c3)cc3c1B2c1ccc(C(C)(C)C)cc1S3. The second-order valence-electron chi connectivity index (χ2n) is 34.2. The molecule has 0 saturated heterocycles. The summed E-state index contributed by atoms with van der Waals surface area (Å²) in [4.78, 5) is 11.1. The van der Waals surface area contributed by atoms with Gasteiger partial charge in [-0.3, -0.25) is 0 Å². The van der Waals surface area contributed by atoms with E-state index in [0.717, 1.165) is 0 Å². The first kappa shape index (κ1) is 68.9. The number of hydrogen-bond donors (Lipinski definition) is 0. The zero-order valence-electron chi connectivity index (χ0n) is 63.5. The van der Waals surface area contributed by atoms with Crippen molar-refractivity contribution in [1.29, 1.82) is 0 Å². The zero-order valence-corrected chi connectivity index (χ0v) is 66.8. The summed E-state index contributed by atoms with van der Waals surface area (Å²) >= 11 is 7.86. The summed E-state index contributed by atoms with van der Waals surface area (Å²) in [5, 5.41) is 12.8. The van der Waals surface area contributed by atoms with Gasteiger partial charge in [-0.2, -0.15) is 0 Å². The van der Waals surface area contributed by atoms with Gasteiger partial charge in [-0.25, -0.2) is 0 Å². The largest absolute Gasteiger partial charge is 0.247 e. The number of fused-ring (bicyclic) bond motifs is 13. The predicted octanol–water partition coefficient (Wildman–Crippen LogP) is 25.6. The lowest BCUT2D eigenvalue weighted by molar-refractivity contribution is 0.588. The zero-order chi connectivity index (χ0) is 73.9. The van der Waals surface area contributed by atoms with E-state index in [-0.39, 0.29) is 35.1 Å². The first-order chi connectivity index (χ1) is 52.1. The van der Waals surface area contributed by atoms with E-state index in [1.807, 2.05) is 47.0 Å². The Morgan fingerprint density at radius 1 is 0.194 bits per heavy atom. The van der Waals surface area contributed by atoms with Gasteiger partial charge < -0.3 is 0 Å². The molecule has 0 unspecified atom stereocenters. The van der Waals surface area contributed by atoms with Crippen LogP contribution >= 0.6 is 47.0 Å². The summed E-state index contributed by atoms with van der Waals surface area (Å²) in [6.07, 6.45) is 0. The van der Waals surface area contributed by atoms with Crippen LogP contribution in [0.1, 0.15) is 105 Å². The lowest BCUT2D eigenvalue weighted by atomic mass is 9.36. The minimum Gasteiger partial charge on any atom is -0.0911 e. The van der Waals surface area contributed by atoms with Crippen molar-refractivity contribution >= 4 is 147 Å². The maximum Gasteiger partial charge on any atom is 0.247 e.